The molecule has 2 aromatic rings. The topological polar surface area (TPSA) is 70.6 Å². The molecule has 1 atom stereocenters. The zero-order valence-corrected chi connectivity index (χ0v) is 16.4. The van der Waals surface area contributed by atoms with Gasteiger partial charge in [0, 0.05) is 56.7 Å². The Morgan fingerprint density at radius 2 is 2.00 bits per heavy atom. The van der Waals surface area contributed by atoms with Gasteiger partial charge < -0.3 is 15.0 Å². The lowest BCUT2D eigenvalue weighted by atomic mass is 9.96. The van der Waals surface area contributed by atoms with Crippen LogP contribution in [0.1, 0.15) is 5.56 Å². The first-order valence-corrected chi connectivity index (χ1v) is 10.00. The number of piperazine rings is 1. The summed E-state index contributed by atoms with van der Waals surface area (Å²) in [7, 11) is 0. The summed E-state index contributed by atoms with van der Waals surface area (Å²) in [5, 5.41) is 3.73. The number of halogens is 1. The molecule has 2 aliphatic heterocycles. The van der Waals surface area contributed by atoms with E-state index in [9.17, 15) is 4.79 Å². The molecule has 0 radical (unpaired) electrons. The smallest absolute Gasteiger partial charge is 0.226 e. The highest BCUT2D eigenvalue weighted by Crippen LogP contribution is 2.29. The molecule has 2 aliphatic rings. The minimum Gasteiger partial charge on any atom is -0.492 e. The zero-order chi connectivity index (χ0) is 19.3. The van der Waals surface area contributed by atoms with Gasteiger partial charge in [0.1, 0.15) is 12.4 Å². The summed E-state index contributed by atoms with van der Waals surface area (Å²) in [5.74, 6) is 1.49. The number of rotatable bonds is 5. The standard InChI is InChI=1S/C20H24ClN5O2/c21-17-2-3-18-15(13-17)12-16(14-28-18)19(27)22-6-7-25-8-10-26(11-9-25)20-23-4-1-5-24-20/h1-5,13,16H,6-12,14H2,(H,22,27). The summed E-state index contributed by atoms with van der Waals surface area (Å²) in [5.41, 5.74) is 0.998. The van der Waals surface area contributed by atoms with E-state index < -0.39 is 0 Å². The van der Waals surface area contributed by atoms with Crippen molar-refractivity contribution < 1.29 is 9.53 Å². The second-order valence-corrected chi connectivity index (χ2v) is 7.57. The number of fused-ring (bicyclic) bond motifs is 1. The zero-order valence-electron chi connectivity index (χ0n) is 15.7. The maximum Gasteiger partial charge on any atom is 0.226 e. The molecule has 28 heavy (non-hydrogen) atoms. The number of aromatic nitrogens is 2. The van der Waals surface area contributed by atoms with Crippen molar-refractivity contribution in [2.24, 2.45) is 5.92 Å². The van der Waals surface area contributed by atoms with Gasteiger partial charge in [-0.2, -0.15) is 0 Å². The first-order valence-electron chi connectivity index (χ1n) is 9.62. The van der Waals surface area contributed by atoms with Crippen LogP contribution in [0.25, 0.3) is 0 Å². The van der Waals surface area contributed by atoms with E-state index in [1.54, 1.807) is 12.4 Å². The predicted molar refractivity (Wildman–Crippen MR) is 108 cm³/mol. The Bertz CT molecular complexity index is 811. The molecule has 1 fully saturated rings. The molecule has 8 heteroatoms. The number of carbonyl (C=O) groups excluding carboxylic acids is 1. The van der Waals surface area contributed by atoms with Gasteiger partial charge in [-0.15, -0.1) is 0 Å². The van der Waals surface area contributed by atoms with Crippen molar-refractivity contribution in [2.45, 2.75) is 6.42 Å². The quantitative estimate of drug-likeness (QED) is 0.821. The molecule has 1 N–H and O–H groups in total. The molecule has 3 heterocycles. The number of anilines is 1. The van der Waals surface area contributed by atoms with Crippen molar-refractivity contribution in [2.75, 3.05) is 50.8 Å². The Labute approximate surface area is 169 Å². The summed E-state index contributed by atoms with van der Waals surface area (Å²) < 4.78 is 5.72. The van der Waals surface area contributed by atoms with Gasteiger partial charge in [-0.1, -0.05) is 11.6 Å². The molecule has 7 nitrogen and oxygen atoms in total. The normalized spacial score (nSPS) is 19.6. The second-order valence-electron chi connectivity index (χ2n) is 7.13. The molecule has 1 unspecified atom stereocenters. The van der Waals surface area contributed by atoms with Gasteiger partial charge in [-0.25, -0.2) is 9.97 Å². The highest BCUT2D eigenvalue weighted by molar-refractivity contribution is 6.30. The maximum absolute atomic E-state index is 12.5. The number of ether oxygens (including phenoxy) is 1. The summed E-state index contributed by atoms with van der Waals surface area (Å²) in [6.07, 6.45) is 4.20. The molecule has 1 aromatic carbocycles. The van der Waals surface area contributed by atoms with Crippen molar-refractivity contribution in [1.29, 1.82) is 0 Å². The SMILES string of the molecule is O=C(NCCN1CCN(c2ncccn2)CC1)C1COc2ccc(Cl)cc2C1. The molecule has 0 bridgehead atoms. The van der Waals surface area contributed by atoms with Crippen molar-refractivity contribution >= 4 is 23.5 Å². The number of carbonyl (C=O) groups is 1. The number of hydrogen-bond acceptors (Lipinski definition) is 6. The van der Waals surface area contributed by atoms with Gasteiger partial charge in [0.25, 0.3) is 0 Å². The fourth-order valence-corrected chi connectivity index (χ4v) is 3.83. The number of nitrogens with one attached hydrogen (secondary N) is 1. The largest absolute Gasteiger partial charge is 0.492 e. The Balaban J connectivity index is 1.19. The molecule has 1 amide bonds. The van der Waals surface area contributed by atoms with E-state index in [0.29, 0.717) is 24.6 Å². The number of benzene rings is 1. The monoisotopic (exact) mass is 401 g/mol. The molecular weight excluding hydrogens is 378 g/mol. The van der Waals surface area contributed by atoms with Crippen molar-refractivity contribution in [1.82, 2.24) is 20.2 Å². The molecule has 0 saturated carbocycles. The number of amides is 1. The summed E-state index contributed by atoms with van der Waals surface area (Å²) in [6, 6.07) is 7.38. The number of nitrogens with zero attached hydrogens (tertiary/aromatic N) is 4. The molecule has 148 valence electrons. The Morgan fingerprint density at radius 3 is 2.79 bits per heavy atom. The van der Waals surface area contributed by atoms with Crippen LogP contribution in [0.3, 0.4) is 0 Å². The third-order valence-corrected chi connectivity index (χ3v) is 5.47. The average Bonchev–Trinajstić information content (AvgIpc) is 2.74. The van der Waals surface area contributed by atoms with Crippen molar-refractivity contribution in [3.63, 3.8) is 0 Å². The van der Waals surface area contributed by atoms with E-state index in [2.05, 4.69) is 25.1 Å². The Kier molecular flexibility index (Phi) is 5.92. The highest BCUT2D eigenvalue weighted by Gasteiger charge is 2.26. The first-order chi connectivity index (χ1) is 13.7. The van der Waals surface area contributed by atoms with Gasteiger partial charge in [0.05, 0.1) is 5.92 Å². The fourth-order valence-electron chi connectivity index (χ4n) is 3.64. The van der Waals surface area contributed by atoms with Crippen molar-refractivity contribution in [3.8, 4) is 5.75 Å². The summed E-state index contributed by atoms with van der Waals surface area (Å²) >= 11 is 6.05. The third kappa shape index (κ3) is 4.54. The van der Waals surface area contributed by atoms with Crippen LogP contribution in [-0.2, 0) is 11.2 Å². The molecule has 1 aromatic heterocycles. The van der Waals surface area contributed by atoms with Crippen molar-refractivity contribution in [3.05, 3.63) is 47.2 Å². The lowest BCUT2D eigenvalue weighted by Crippen LogP contribution is -2.49. The van der Waals surface area contributed by atoms with Crippen LogP contribution in [0.5, 0.6) is 5.75 Å². The second kappa shape index (κ2) is 8.75. The van der Waals surface area contributed by atoms with Crippen LogP contribution in [0.15, 0.2) is 36.7 Å². The molecule has 1 saturated heterocycles. The lowest BCUT2D eigenvalue weighted by molar-refractivity contribution is -0.126. The predicted octanol–water partition coefficient (Wildman–Crippen LogP) is 1.62. The van der Waals surface area contributed by atoms with Gasteiger partial charge >= 0.3 is 0 Å². The molecule has 0 aliphatic carbocycles. The molecule has 0 spiro atoms. The number of hydrogen-bond donors (Lipinski definition) is 1. The van der Waals surface area contributed by atoms with E-state index in [0.717, 1.165) is 50.0 Å². The van der Waals surface area contributed by atoms with Crippen LogP contribution >= 0.6 is 11.6 Å². The van der Waals surface area contributed by atoms with Crippen LogP contribution in [0.2, 0.25) is 5.02 Å². The van der Waals surface area contributed by atoms with Gasteiger partial charge in [0.15, 0.2) is 0 Å². The van der Waals surface area contributed by atoms with E-state index >= 15 is 0 Å². The molecular formula is C20H24ClN5O2. The lowest BCUT2D eigenvalue weighted by Gasteiger charge is -2.34. The molecule has 4 rings (SSSR count). The minimum atomic E-state index is -0.168. The van der Waals surface area contributed by atoms with E-state index in [1.165, 1.54) is 0 Å². The van der Waals surface area contributed by atoms with Gasteiger partial charge in [0.2, 0.25) is 11.9 Å². The third-order valence-electron chi connectivity index (χ3n) is 5.23. The first kappa shape index (κ1) is 19.0. The average molecular weight is 402 g/mol. The highest BCUT2D eigenvalue weighted by atomic mass is 35.5. The van der Waals surface area contributed by atoms with Gasteiger partial charge in [-0.3, -0.25) is 9.69 Å². The van der Waals surface area contributed by atoms with E-state index in [-0.39, 0.29) is 11.8 Å². The van der Waals surface area contributed by atoms with E-state index in [1.807, 2.05) is 24.3 Å². The summed E-state index contributed by atoms with van der Waals surface area (Å²) in [6.45, 7) is 5.55. The van der Waals surface area contributed by atoms with Crippen LogP contribution < -0.4 is 15.0 Å². The van der Waals surface area contributed by atoms with Crippen LogP contribution in [0.4, 0.5) is 5.95 Å². The Hall–Kier alpha value is -2.38. The van der Waals surface area contributed by atoms with Crippen LogP contribution in [0, 0.1) is 5.92 Å². The minimum absolute atomic E-state index is 0.0435. The van der Waals surface area contributed by atoms with Crippen LogP contribution in [-0.4, -0.2) is 66.7 Å². The fraction of sp³-hybridized carbons (Fsp3) is 0.450. The Morgan fingerprint density at radius 1 is 1.21 bits per heavy atom. The van der Waals surface area contributed by atoms with E-state index in [4.69, 9.17) is 16.3 Å². The summed E-state index contributed by atoms with van der Waals surface area (Å²) in [4.78, 5) is 25.7. The maximum atomic E-state index is 12.5. The van der Waals surface area contributed by atoms with Gasteiger partial charge in [-0.05, 0) is 36.2 Å².